The molecule has 3 unspecified atom stereocenters. The molecule has 1 aliphatic heterocycles. The summed E-state index contributed by atoms with van der Waals surface area (Å²) in [5.74, 6) is -1.04. The molecule has 242 valence electrons. The Bertz CT molecular complexity index is 1790. The van der Waals surface area contributed by atoms with Crippen LogP contribution < -0.4 is 10.0 Å². The van der Waals surface area contributed by atoms with Crippen molar-refractivity contribution in [3.05, 3.63) is 119 Å². The van der Waals surface area contributed by atoms with Crippen LogP contribution in [0.5, 0.6) is 0 Å². The first-order valence-corrected chi connectivity index (χ1v) is 18.0. The van der Waals surface area contributed by atoms with Gasteiger partial charge in [0, 0.05) is 11.3 Å². The van der Waals surface area contributed by atoms with Gasteiger partial charge in [-0.3, -0.25) is 9.59 Å². The number of hydrogen-bond donors (Lipinski definition) is 3. The van der Waals surface area contributed by atoms with Crippen LogP contribution in [0.15, 0.2) is 97.1 Å². The van der Waals surface area contributed by atoms with E-state index in [1.54, 1.807) is 0 Å². The Hall–Kier alpha value is -3.70. The van der Waals surface area contributed by atoms with Crippen LogP contribution >= 0.6 is 11.8 Å². The van der Waals surface area contributed by atoms with E-state index in [1.807, 2.05) is 118 Å². The number of aliphatic hydroxyl groups excluding tert-OH is 1. The van der Waals surface area contributed by atoms with Crippen molar-refractivity contribution < 1.29 is 23.1 Å². The summed E-state index contributed by atoms with van der Waals surface area (Å²) in [6.45, 7) is 6.07. The largest absolute Gasteiger partial charge is 0.382 e. The van der Waals surface area contributed by atoms with E-state index in [9.17, 15) is 23.1 Å². The normalized spacial score (nSPS) is 17.5. The van der Waals surface area contributed by atoms with Gasteiger partial charge in [0.25, 0.3) is 5.91 Å². The van der Waals surface area contributed by atoms with E-state index >= 15 is 0 Å². The molecule has 1 saturated heterocycles. The molecule has 4 aromatic rings. The summed E-state index contributed by atoms with van der Waals surface area (Å²) in [5.41, 5.74) is 3.68. The Balaban J connectivity index is 1.34. The predicted molar refractivity (Wildman–Crippen MR) is 185 cm³/mol. The minimum atomic E-state index is -3.93. The van der Waals surface area contributed by atoms with Gasteiger partial charge in [0.2, 0.25) is 15.9 Å². The molecule has 1 fully saturated rings. The Morgan fingerprint density at radius 2 is 1.59 bits per heavy atom. The zero-order valence-corrected chi connectivity index (χ0v) is 28.0. The van der Waals surface area contributed by atoms with Gasteiger partial charge in [-0.25, -0.2) is 13.1 Å². The summed E-state index contributed by atoms with van der Waals surface area (Å²) >= 11 is 1.44. The monoisotopic (exact) mass is 659 g/mol. The second kappa shape index (κ2) is 14.4. The maximum Gasteiger partial charge on any atom is 0.254 e. The molecule has 0 bridgehead atoms. The molecule has 0 radical (unpaired) electrons. The maximum absolute atomic E-state index is 14.0. The van der Waals surface area contributed by atoms with Crippen molar-refractivity contribution in [2.24, 2.45) is 0 Å². The third-order valence-corrected chi connectivity index (χ3v) is 11.4. The van der Waals surface area contributed by atoms with Crippen LogP contribution in [0.1, 0.15) is 36.1 Å². The lowest BCUT2D eigenvalue weighted by atomic mass is 9.97. The molecule has 46 heavy (non-hydrogen) atoms. The average Bonchev–Trinajstić information content (AvgIpc) is 3.37. The van der Waals surface area contributed by atoms with Crippen molar-refractivity contribution in [3.63, 3.8) is 0 Å². The van der Waals surface area contributed by atoms with Gasteiger partial charge in [0.1, 0.15) is 12.1 Å². The molecule has 0 saturated carbocycles. The van der Waals surface area contributed by atoms with Crippen LogP contribution in [-0.4, -0.2) is 64.8 Å². The van der Waals surface area contributed by atoms with Gasteiger partial charge in [-0.15, -0.1) is 11.8 Å². The highest BCUT2D eigenvalue weighted by molar-refractivity contribution is 8.00. The smallest absolute Gasteiger partial charge is 0.254 e. The molecule has 0 aliphatic carbocycles. The standard InChI is InChI=1S/C36H41N3O5S2/c1-25-12-7-8-16-29(25)23-37-34(41)33-36(2,3)45-24-39(33)35(42)32(40)31(22-26-13-5-4-6-14-26)38-46(43,44)21-20-28-18-11-17-27-15-9-10-19-30(27)28/h4-19,31-33,38,40H,20-24H2,1-3H3,(H,37,41). The van der Waals surface area contributed by atoms with E-state index in [1.165, 1.54) is 16.7 Å². The lowest BCUT2D eigenvalue weighted by Crippen LogP contribution is -2.58. The molecule has 3 N–H and O–H groups in total. The number of rotatable bonds is 12. The molecule has 2 amide bonds. The van der Waals surface area contributed by atoms with Crippen molar-refractivity contribution in [2.45, 2.75) is 63.1 Å². The zero-order valence-electron chi connectivity index (χ0n) is 26.3. The van der Waals surface area contributed by atoms with E-state index in [0.29, 0.717) is 6.54 Å². The number of nitrogens with zero attached hydrogens (tertiary/aromatic N) is 1. The van der Waals surface area contributed by atoms with Crippen molar-refractivity contribution >= 4 is 44.4 Å². The quantitative estimate of drug-likeness (QED) is 0.205. The van der Waals surface area contributed by atoms with Crippen molar-refractivity contribution in [3.8, 4) is 0 Å². The molecule has 3 atom stereocenters. The van der Waals surface area contributed by atoms with Crippen LogP contribution in [0.25, 0.3) is 10.8 Å². The molecule has 10 heteroatoms. The van der Waals surface area contributed by atoms with Crippen LogP contribution in [0.3, 0.4) is 0 Å². The Morgan fingerprint density at radius 1 is 0.935 bits per heavy atom. The van der Waals surface area contributed by atoms with Gasteiger partial charge in [0.05, 0.1) is 17.7 Å². The van der Waals surface area contributed by atoms with Gasteiger partial charge in [-0.2, -0.15) is 0 Å². The number of benzene rings is 4. The summed E-state index contributed by atoms with van der Waals surface area (Å²) in [7, 11) is -3.93. The fraction of sp³-hybridized carbons (Fsp3) is 0.333. The minimum Gasteiger partial charge on any atom is -0.382 e. The molecule has 8 nitrogen and oxygen atoms in total. The first kappa shape index (κ1) is 33.7. The maximum atomic E-state index is 14.0. The molecule has 1 heterocycles. The topological polar surface area (TPSA) is 116 Å². The summed E-state index contributed by atoms with van der Waals surface area (Å²) in [5, 5.41) is 16.5. The fourth-order valence-electron chi connectivity index (χ4n) is 5.97. The van der Waals surface area contributed by atoms with E-state index in [2.05, 4.69) is 10.0 Å². The van der Waals surface area contributed by atoms with E-state index in [-0.39, 0.29) is 30.4 Å². The molecule has 1 aliphatic rings. The van der Waals surface area contributed by atoms with Crippen molar-refractivity contribution in [1.82, 2.24) is 14.9 Å². The van der Waals surface area contributed by atoms with Gasteiger partial charge < -0.3 is 15.3 Å². The molecular weight excluding hydrogens is 619 g/mol. The summed E-state index contributed by atoms with van der Waals surface area (Å²) in [6.07, 6.45) is -1.36. The summed E-state index contributed by atoms with van der Waals surface area (Å²) in [6, 6.07) is 28.5. The predicted octanol–water partition coefficient (Wildman–Crippen LogP) is 4.58. The first-order chi connectivity index (χ1) is 21.9. The highest BCUT2D eigenvalue weighted by Crippen LogP contribution is 2.40. The van der Waals surface area contributed by atoms with Crippen LogP contribution in [0.2, 0.25) is 0 Å². The number of fused-ring (bicyclic) bond motifs is 1. The number of thioether (sulfide) groups is 1. The summed E-state index contributed by atoms with van der Waals surface area (Å²) in [4.78, 5) is 28.9. The highest BCUT2D eigenvalue weighted by Gasteiger charge is 2.49. The Labute approximate surface area is 275 Å². The molecule has 0 spiro atoms. The van der Waals surface area contributed by atoms with Crippen LogP contribution in [0.4, 0.5) is 0 Å². The Morgan fingerprint density at radius 3 is 2.35 bits per heavy atom. The van der Waals surface area contributed by atoms with Gasteiger partial charge >= 0.3 is 0 Å². The number of carbonyl (C=O) groups excluding carboxylic acids is 2. The van der Waals surface area contributed by atoms with E-state index in [4.69, 9.17) is 0 Å². The number of nitrogens with one attached hydrogen (secondary N) is 2. The number of aryl methyl sites for hydroxylation is 2. The molecular formula is C36H41N3O5S2. The number of aliphatic hydroxyl groups is 1. The molecule has 0 aromatic heterocycles. The third-order valence-electron chi connectivity index (χ3n) is 8.58. The van der Waals surface area contributed by atoms with Crippen molar-refractivity contribution in [1.29, 1.82) is 0 Å². The number of carbonyl (C=O) groups is 2. The van der Waals surface area contributed by atoms with Gasteiger partial charge in [-0.1, -0.05) is 97.1 Å². The lowest BCUT2D eigenvalue weighted by molar-refractivity contribution is -0.147. The second-order valence-electron chi connectivity index (χ2n) is 12.3. The second-order valence-corrected chi connectivity index (χ2v) is 15.8. The van der Waals surface area contributed by atoms with Crippen LogP contribution in [-0.2, 0) is 39.0 Å². The zero-order chi connectivity index (χ0) is 32.9. The number of amides is 2. The van der Waals surface area contributed by atoms with Gasteiger partial charge in [-0.05, 0) is 66.6 Å². The number of hydrogen-bond acceptors (Lipinski definition) is 6. The first-order valence-electron chi connectivity index (χ1n) is 15.4. The average molecular weight is 660 g/mol. The van der Waals surface area contributed by atoms with E-state index < -0.39 is 38.9 Å². The van der Waals surface area contributed by atoms with Crippen LogP contribution in [0, 0.1) is 6.92 Å². The summed E-state index contributed by atoms with van der Waals surface area (Å²) < 4.78 is 29.0. The SMILES string of the molecule is Cc1ccccc1CNC(=O)C1N(C(=O)C(O)C(Cc2ccccc2)NS(=O)(=O)CCc2cccc3ccccc23)CSC1(C)C. The highest BCUT2D eigenvalue weighted by atomic mass is 32.2. The van der Waals surface area contributed by atoms with E-state index in [0.717, 1.165) is 33.0 Å². The lowest BCUT2D eigenvalue weighted by Gasteiger charge is -2.33. The Kier molecular flexibility index (Phi) is 10.5. The third kappa shape index (κ3) is 7.98. The number of sulfonamides is 1. The molecule has 4 aromatic carbocycles. The van der Waals surface area contributed by atoms with Gasteiger partial charge in [0.15, 0.2) is 0 Å². The minimum absolute atomic E-state index is 0.0930. The molecule has 5 rings (SSSR count). The fourth-order valence-corrected chi connectivity index (χ4v) is 8.39. The van der Waals surface area contributed by atoms with Crippen molar-refractivity contribution in [2.75, 3.05) is 11.6 Å².